The molecule has 43 heavy (non-hydrogen) atoms. The highest BCUT2D eigenvalue weighted by Crippen LogP contribution is 2.40. The summed E-state index contributed by atoms with van der Waals surface area (Å²) in [6.07, 6.45) is 2.76. The summed E-state index contributed by atoms with van der Waals surface area (Å²) in [4.78, 5) is 13.6. The van der Waals surface area contributed by atoms with Crippen LogP contribution in [0.4, 0.5) is 10.8 Å². The zero-order valence-corrected chi connectivity index (χ0v) is 26.0. The first-order chi connectivity index (χ1) is 20.9. The Morgan fingerprint density at radius 2 is 1.70 bits per heavy atom. The predicted octanol–water partition coefficient (Wildman–Crippen LogP) is 6.52. The van der Waals surface area contributed by atoms with Crippen molar-refractivity contribution in [2.75, 3.05) is 49.2 Å². The number of ether oxygens (including phenoxy) is 3. The number of fused-ring (bicyclic) bond motifs is 1. The van der Waals surface area contributed by atoms with Gasteiger partial charge in [0.25, 0.3) is 0 Å². The van der Waals surface area contributed by atoms with E-state index >= 15 is 0 Å². The molecular formula is C30H27Cl3N6O3S. The zero-order chi connectivity index (χ0) is 29.4. The highest BCUT2D eigenvalue weighted by molar-refractivity contribution is 7.22. The average Bonchev–Trinajstić information content (AvgIpc) is 3.77. The Bertz CT molecular complexity index is 1710. The number of halogens is 3. The third kappa shape index (κ3) is 6.13. The lowest BCUT2D eigenvalue weighted by atomic mass is 10.1. The van der Waals surface area contributed by atoms with Crippen molar-refractivity contribution in [1.29, 1.82) is 0 Å². The normalized spacial score (nSPS) is 20.7. The minimum absolute atomic E-state index is 0.278. The van der Waals surface area contributed by atoms with Gasteiger partial charge in [-0.25, -0.2) is 14.6 Å². The molecule has 4 heterocycles. The van der Waals surface area contributed by atoms with E-state index in [1.54, 1.807) is 34.5 Å². The molecule has 0 radical (unpaired) electrons. The molecule has 2 aromatic heterocycles. The fourth-order valence-electron chi connectivity index (χ4n) is 5.40. The lowest BCUT2D eigenvalue weighted by Crippen LogP contribution is -2.46. The van der Waals surface area contributed by atoms with Gasteiger partial charge in [0.15, 0.2) is 5.13 Å². The highest BCUT2D eigenvalue weighted by Gasteiger charge is 2.45. The third-order valence-electron chi connectivity index (χ3n) is 7.56. The van der Waals surface area contributed by atoms with E-state index < -0.39 is 5.79 Å². The van der Waals surface area contributed by atoms with Gasteiger partial charge in [0.2, 0.25) is 5.79 Å². The topological polar surface area (TPSA) is 77.8 Å². The summed E-state index contributed by atoms with van der Waals surface area (Å²) in [5.74, 6) is -0.384. The highest BCUT2D eigenvalue weighted by atomic mass is 35.5. The lowest BCUT2D eigenvalue weighted by Gasteiger charge is -2.36. The summed E-state index contributed by atoms with van der Waals surface area (Å²) in [5.41, 5.74) is 2.83. The van der Waals surface area contributed by atoms with Crippen LogP contribution in [0.25, 0.3) is 10.2 Å². The molecule has 2 fully saturated rings. The first kappa shape index (κ1) is 28.6. The zero-order valence-electron chi connectivity index (χ0n) is 22.9. The Kier molecular flexibility index (Phi) is 8.06. The first-order valence-electron chi connectivity index (χ1n) is 13.8. The van der Waals surface area contributed by atoms with Gasteiger partial charge >= 0.3 is 0 Å². The standard InChI is InChI=1S/C30H27Cl3N6O3S/c31-20-1-7-25(26(33)13-20)30(17-39-19-34-18-35-39)41-16-24(42-30)15-40-23-5-3-22(4-6-23)37-9-11-38(12-10-37)29-36-27-8-2-21(32)14-28(27)43-29/h1-8,13-14,18-19,24H,9-12,15-17H2/t24-,30-/m1/s1. The molecule has 0 N–H and O–H groups in total. The predicted molar refractivity (Wildman–Crippen MR) is 170 cm³/mol. The average molecular weight is 658 g/mol. The molecular weight excluding hydrogens is 631 g/mol. The van der Waals surface area contributed by atoms with Gasteiger partial charge in [0.05, 0.1) is 21.8 Å². The van der Waals surface area contributed by atoms with Crippen molar-refractivity contribution in [1.82, 2.24) is 19.7 Å². The van der Waals surface area contributed by atoms with Crippen molar-refractivity contribution >= 4 is 67.2 Å². The van der Waals surface area contributed by atoms with E-state index in [2.05, 4.69) is 32.0 Å². The van der Waals surface area contributed by atoms with Gasteiger partial charge in [-0.2, -0.15) is 5.10 Å². The molecule has 0 saturated carbocycles. The number of piperazine rings is 1. The molecule has 5 aromatic rings. The Labute approximate surface area is 267 Å². The van der Waals surface area contributed by atoms with Gasteiger partial charge in [-0.15, -0.1) is 0 Å². The van der Waals surface area contributed by atoms with Gasteiger partial charge in [-0.1, -0.05) is 52.2 Å². The largest absolute Gasteiger partial charge is 0.491 e. The second kappa shape index (κ2) is 12.1. The molecule has 13 heteroatoms. The third-order valence-corrected chi connectivity index (χ3v) is 9.43. The van der Waals surface area contributed by atoms with Crippen LogP contribution in [0.2, 0.25) is 15.1 Å². The van der Waals surface area contributed by atoms with Crippen LogP contribution < -0.4 is 14.5 Å². The molecule has 7 rings (SSSR count). The summed E-state index contributed by atoms with van der Waals surface area (Å²) < 4.78 is 21.6. The van der Waals surface area contributed by atoms with Gasteiger partial charge in [0, 0.05) is 47.5 Å². The summed E-state index contributed by atoms with van der Waals surface area (Å²) in [6.45, 7) is 4.54. The number of anilines is 2. The Morgan fingerprint density at radius 3 is 2.47 bits per heavy atom. The van der Waals surface area contributed by atoms with E-state index in [9.17, 15) is 0 Å². The SMILES string of the molecule is Clc1ccc([C@]2(Cn3cncn3)OC[C@@H](COc3ccc(N4CCN(c5nc6ccc(Cl)cc6s5)CC4)cc3)O2)c(Cl)c1. The second-order valence-electron chi connectivity index (χ2n) is 10.4. The van der Waals surface area contributed by atoms with Crippen molar-refractivity contribution in [2.45, 2.75) is 18.4 Å². The fourth-order valence-corrected chi connectivity index (χ4v) is 7.25. The Balaban J connectivity index is 0.956. The Morgan fingerprint density at radius 1 is 0.930 bits per heavy atom. The molecule has 2 saturated heterocycles. The summed E-state index contributed by atoms with van der Waals surface area (Å²) in [5, 5.41) is 7.00. The maximum atomic E-state index is 6.57. The van der Waals surface area contributed by atoms with Crippen LogP contribution in [0, 0.1) is 0 Å². The molecule has 0 spiro atoms. The minimum atomic E-state index is -1.15. The summed E-state index contributed by atoms with van der Waals surface area (Å²) >= 11 is 20.6. The monoisotopic (exact) mass is 656 g/mol. The van der Waals surface area contributed by atoms with Crippen molar-refractivity contribution in [2.24, 2.45) is 0 Å². The molecule has 2 aliphatic rings. The van der Waals surface area contributed by atoms with E-state index in [-0.39, 0.29) is 12.6 Å². The molecule has 3 aromatic carbocycles. The first-order valence-corrected chi connectivity index (χ1v) is 15.8. The number of nitrogens with zero attached hydrogens (tertiary/aromatic N) is 6. The smallest absolute Gasteiger partial charge is 0.217 e. The summed E-state index contributed by atoms with van der Waals surface area (Å²) in [6, 6.07) is 19.3. The van der Waals surface area contributed by atoms with E-state index in [0.29, 0.717) is 28.8 Å². The molecule has 2 aliphatic heterocycles. The van der Waals surface area contributed by atoms with Crippen LogP contribution in [0.1, 0.15) is 5.56 Å². The summed E-state index contributed by atoms with van der Waals surface area (Å²) in [7, 11) is 0. The Hall–Kier alpha value is -3.12. The maximum Gasteiger partial charge on any atom is 0.217 e. The number of rotatable bonds is 8. The van der Waals surface area contributed by atoms with Crippen molar-refractivity contribution in [3.05, 3.63) is 93.9 Å². The fraction of sp³-hybridized carbons (Fsp3) is 0.300. The van der Waals surface area contributed by atoms with Gasteiger partial charge in [-0.3, -0.25) is 0 Å². The van der Waals surface area contributed by atoms with Gasteiger partial charge < -0.3 is 24.0 Å². The number of benzene rings is 3. The number of aromatic nitrogens is 4. The van der Waals surface area contributed by atoms with Crippen LogP contribution in [-0.2, 0) is 21.8 Å². The van der Waals surface area contributed by atoms with Crippen LogP contribution in [0.15, 0.2) is 73.3 Å². The minimum Gasteiger partial charge on any atom is -0.491 e. The van der Waals surface area contributed by atoms with Crippen LogP contribution in [-0.4, -0.2) is 65.2 Å². The number of hydrogen-bond donors (Lipinski definition) is 0. The van der Waals surface area contributed by atoms with Crippen LogP contribution in [0.5, 0.6) is 5.75 Å². The van der Waals surface area contributed by atoms with E-state index in [1.165, 1.54) is 6.33 Å². The second-order valence-corrected chi connectivity index (χ2v) is 12.7. The maximum absolute atomic E-state index is 6.57. The van der Waals surface area contributed by atoms with E-state index in [4.69, 9.17) is 54.0 Å². The molecule has 0 aliphatic carbocycles. The number of thiazole rings is 1. The molecule has 0 bridgehead atoms. The van der Waals surface area contributed by atoms with Gasteiger partial charge in [-0.05, 0) is 54.6 Å². The lowest BCUT2D eigenvalue weighted by molar-refractivity contribution is -0.190. The van der Waals surface area contributed by atoms with Gasteiger partial charge in [0.1, 0.15) is 37.7 Å². The molecule has 0 amide bonds. The van der Waals surface area contributed by atoms with Crippen molar-refractivity contribution in [3.63, 3.8) is 0 Å². The quantitative estimate of drug-likeness (QED) is 0.187. The van der Waals surface area contributed by atoms with E-state index in [1.807, 2.05) is 36.4 Å². The molecule has 222 valence electrons. The number of hydrogen-bond acceptors (Lipinski definition) is 9. The molecule has 0 unspecified atom stereocenters. The van der Waals surface area contributed by atoms with Crippen LogP contribution in [0.3, 0.4) is 0 Å². The van der Waals surface area contributed by atoms with Crippen molar-refractivity contribution < 1.29 is 14.2 Å². The van der Waals surface area contributed by atoms with E-state index in [0.717, 1.165) is 58.0 Å². The van der Waals surface area contributed by atoms with Crippen molar-refractivity contribution in [3.8, 4) is 5.75 Å². The molecule has 2 atom stereocenters. The molecule has 9 nitrogen and oxygen atoms in total. The van der Waals surface area contributed by atoms with Crippen LogP contribution >= 0.6 is 46.1 Å².